The van der Waals surface area contributed by atoms with E-state index >= 15 is 0 Å². The van der Waals surface area contributed by atoms with Crippen LogP contribution in [0.5, 0.6) is 0 Å². The molecule has 19 heavy (non-hydrogen) atoms. The van der Waals surface area contributed by atoms with Crippen molar-refractivity contribution in [2.45, 2.75) is 26.2 Å². The van der Waals surface area contributed by atoms with Crippen LogP contribution in [0.4, 0.5) is 14.9 Å². The number of carboxylic acids is 1. The Morgan fingerprint density at radius 2 is 2.05 bits per heavy atom. The Balaban J connectivity index is 2.29. The Morgan fingerprint density at radius 1 is 1.32 bits per heavy atom. The molecule has 0 unspecified atom stereocenters. The van der Waals surface area contributed by atoms with Crippen molar-refractivity contribution >= 4 is 17.7 Å². The zero-order chi connectivity index (χ0) is 14.3. The maximum absolute atomic E-state index is 13.4. The third kappa shape index (κ3) is 5.85. The third-order valence-corrected chi connectivity index (χ3v) is 2.48. The van der Waals surface area contributed by atoms with Crippen LogP contribution in [0, 0.1) is 12.7 Å². The van der Waals surface area contributed by atoms with E-state index in [0.29, 0.717) is 19.4 Å². The lowest BCUT2D eigenvalue weighted by molar-refractivity contribution is -0.137. The summed E-state index contributed by atoms with van der Waals surface area (Å²) in [6.07, 6.45) is 1.14. The first-order valence-corrected chi connectivity index (χ1v) is 6.02. The van der Waals surface area contributed by atoms with Gasteiger partial charge in [0.05, 0.1) is 5.69 Å². The summed E-state index contributed by atoms with van der Waals surface area (Å²) in [5.41, 5.74) is 0.894. The number of unbranched alkanes of at least 4 members (excludes halogenated alkanes) is 1. The average molecular weight is 268 g/mol. The number of carbonyl (C=O) groups is 2. The summed E-state index contributed by atoms with van der Waals surface area (Å²) in [6, 6.07) is 4.03. The molecular formula is C13H17FN2O3. The number of carbonyl (C=O) groups excluding carboxylic acids is 1. The monoisotopic (exact) mass is 268 g/mol. The summed E-state index contributed by atoms with van der Waals surface area (Å²) in [6.45, 7) is 2.11. The lowest BCUT2D eigenvalue weighted by atomic mass is 10.2. The number of anilines is 1. The molecule has 0 saturated carbocycles. The number of nitrogens with one attached hydrogen (secondary N) is 2. The Morgan fingerprint density at radius 3 is 2.68 bits per heavy atom. The number of rotatable bonds is 6. The van der Waals surface area contributed by atoms with E-state index < -0.39 is 17.8 Å². The van der Waals surface area contributed by atoms with E-state index in [1.807, 2.05) is 0 Å². The van der Waals surface area contributed by atoms with Crippen molar-refractivity contribution in [3.63, 3.8) is 0 Å². The minimum absolute atomic E-state index is 0.0793. The maximum Gasteiger partial charge on any atom is 0.319 e. The molecular weight excluding hydrogens is 251 g/mol. The predicted molar refractivity (Wildman–Crippen MR) is 69.6 cm³/mol. The fraction of sp³-hybridized carbons (Fsp3) is 0.385. The van der Waals surface area contributed by atoms with Crippen molar-refractivity contribution in [3.8, 4) is 0 Å². The highest BCUT2D eigenvalue weighted by Crippen LogP contribution is 2.14. The maximum atomic E-state index is 13.4. The standard InChI is InChI=1S/C13H17FN2O3/c1-9-5-6-11(10(14)8-9)16-13(19)15-7-3-2-4-12(17)18/h5-6,8H,2-4,7H2,1H3,(H,17,18)(H2,15,16,19). The van der Waals surface area contributed by atoms with Gasteiger partial charge in [-0.25, -0.2) is 9.18 Å². The summed E-state index contributed by atoms with van der Waals surface area (Å²) in [4.78, 5) is 21.7. The molecule has 0 spiro atoms. The second-order valence-corrected chi connectivity index (χ2v) is 4.22. The van der Waals surface area contributed by atoms with Crippen LogP contribution in [0.2, 0.25) is 0 Å². The quantitative estimate of drug-likeness (QED) is 0.694. The Hall–Kier alpha value is -2.11. The number of halogens is 1. The normalized spacial score (nSPS) is 10.0. The number of hydrogen-bond acceptors (Lipinski definition) is 2. The van der Waals surface area contributed by atoms with Crippen LogP contribution >= 0.6 is 0 Å². The highest BCUT2D eigenvalue weighted by Gasteiger charge is 2.06. The first kappa shape index (κ1) is 14.9. The molecule has 0 bridgehead atoms. The van der Waals surface area contributed by atoms with E-state index in [4.69, 9.17) is 5.11 Å². The SMILES string of the molecule is Cc1ccc(NC(=O)NCCCCC(=O)O)c(F)c1. The zero-order valence-corrected chi connectivity index (χ0v) is 10.7. The van der Waals surface area contributed by atoms with Gasteiger partial charge in [-0.1, -0.05) is 6.07 Å². The summed E-state index contributed by atoms with van der Waals surface area (Å²) < 4.78 is 13.4. The van der Waals surface area contributed by atoms with Crippen LogP contribution in [-0.4, -0.2) is 23.7 Å². The number of benzene rings is 1. The van der Waals surface area contributed by atoms with Gasteiger partial charge >= 0.3 is 12.0 Å². The average Bonchev–Trinajstić information content (AvgIpc) is 2.32. The van der Waals surface area contributed by atoms with Crippen LogP contribution in [0.1, 0.15) is 24.8 Å². The fourth-order valence-electron chi connectivity index (χ4n) is 1.49. The highest BCUT2D eigenvalue weighted by molar-refractivity contribution is 5.89. The molecule has 5 nitrogen and oxygen atoms in total. The summed E-state index contributed by atoms with van der Waals surface area (Å²) in [7, 11) is 0. The summed E-state index contributed by atoms with van der Waals surface area (Å²) in [5.74, 6) is -1.34. The largest absolute Gasteiger partial charge is 0.481 e. The van der Waals surface area contributed by atoms with Gasteiger partial charge < -0.3 is 15.7 Å². The first-order valence-electron chi connectivity index (χ1n) is 6.02. The zero-order valence-electron chi connectivity index (χ0n) is 10.7. The van der Waals surface area contributed by atoms with E-state index in [-0.39, 0.29) is 12.1 Å². The van der Waals surface area contributed by atoms with Gasteiger partial charge in [0.25, 0.3) is 0 Å². The summed E-state index contributed by atoms with van der Waals surface area (Å²) >= 11 is 0. The second kappa shape index (κ2) is 7.35. The van der Waals surface area contributed by atoms with E-state index in [9.17, 15) is 14.0 Å². The molecule has 0 aliphatic rings. The topological polar surface area (TPSA) is 78.4 Å². The number of aliphatic carboxylic acids is 1. The van der Waals surface area contributed by atoms with Crippen molar-refractivity contribution in [2.75, 3.05) is 11.9 Å². The number of hydrogen-bond donors (Lipinski definition) is 3. The van der Waals surface area contributed by atoms with Gasteiger partial charge in [-0.05, 0) is 37.5 Å². The van der Waals surface area contributed by atoms with Crippen LogP contribution in [0.15, 0.2) is 18.2 Å². The van der Waals surface area contributed by atoms with Gasteiger partial charge in [-0.2, -0.15) is 0 Å². The van der Waals surface area contributed by atoms with Crippen LogP contribution in [0.3, 0.4) is 0 Å². The molecule has 0 fully saturated rings. The number of carboxylic acid groups (broad SMARTS) is 1. The van der Waals surface area contributed by atoms with Gasteiger partial charge in [0.15, 0.2) is 0 Å². The minimum Gasteiger partial charge on any atom is -0.481 e. The van der Waals surface area contributed by atoms with E-state index in [1.165, 1.54) is 12.1 Å². The third-order valence-electron chi connectivity index (χ3n) is 2.48. The molecule has 0 aliphatic heterocycles. The van der Waals surface area contributed by atoms with Gasteiger partial charge in [0.1, 0.15) is 5.82 Å². The van der Waals surface area contributed by atoms with Crippen LogP contribution in [0.25, 0.3) is 0 Å². The molecule has 0 radical (unpaired) electrons. The molecule has 0 saturated heterocycles. The fourth-order valence-corrected chi connectivity index (χ4v) is 1.49. The summed E-state index contributed by atoms with van der Waals surface area (Å²) in [5, 5.41) is 13.4. The minimum atomic E-state index is -0.855. The molecule has 1 aromatic rings. The molecule has 0 aliphatic carbocycles. The molecule has 1 aromatic carbocycles. The van der Waals surface area contributed by atoms with E-state index in [2.05, 4.69) is 10.6 Å². The Kier molecular flexibility index (Phi) is 5.78. The van der Waals surface area contributed by atoms with Gasteiger partial charge in [-0.3, -0.25) is 4.79 Å². The van der Waals surface area contributed by atoms with Gasteiger partial charge in [0.2, 0.25) is 0 Å². The van der Waals surface area contributed by atoms with Gasteiger partial charge in [0, 0.05) is 13.0 Å². The van der Waals surface area contributed by atoms with Crippen molar-refractivity contribution < 1.29 is 19.1 Å². The van der Waals surface area contributed by atoms with Crippen molar-refractivity contribution in [1.82, 2.24) is 5.32 Å². The van der Waals surface area contributed by atoms with E-state index in [0.717, 1.165) is 5.56 Å². The number of urea groups is 1. The molecule has 1 rings (SSSR count). The lowest BCUT2D eigenvalue weighted by Crippen LogP contribution is -2.29. The molecule has 0 aromatic heterocycles. The number of amides is 2. The van der Waals surface area contributed by atoms with Gasteiger partial charge in [-0.15, -0.1) is 0 Å². The molecule has 2 amide bonds. The van der Waals surface area contributed by atoms with Crippen molar-refractivity contribution in [1.29, 1.82) is 0 Å². The smallest absolute Gasteiger partial charge is 0.319 e. The first-order chi connectivity index (χ1) is 8.99. The predicted octanol–water partition coefficient (Wildman–Crippen LogP) is 2.51. The Labute approximate surface area is 110 Å². The van der Waals surface area contributed by atoms with Crippen LogP contribution < -0.4 is 10.6 Å². The lowest BCUT2D eigenvalue weighted by Gasteiger charge is -2.08. The van der Waals surface area contributed by atoms with E-state index in [1.54, 1.807) is 13.0 Å². The van der Waals surface area contributed by atoms with Crippen LogP contribution in [-0.2, 0) is 4.79 Å². The molecule has 6 heteroatoms. The van der Waals surface area contributed by atoms with Crippen molar-refractivity contribution in [2.24, 2.45) is 0 Å². The molecule has 0 heterocycles. The second-order valence-electron chi connectivity index (χ2n) is 4.22. The Bertz CT molecular complexity index is 463. The molecule has 0 atom stereocenters. The molecule has 104 valence electrons. The molecule has 3 N–H and O–H groups in total. The van der Waals surface area contributed by atoms with Crippen molar-refractivity contribution in [3.05, 3.63) is 29.6 Å². The highest BCUT2D eigenvalue weighted by atomic mass is 19.1. The number of aryl methyl sites for hydroxylation is 1.